The van der Waals surface area contributed by atoms with Gasteiger partial charge in [0, 0.05) is 22.2 Å². The monoisotopic (exact) mass is 446 g/mol. The Hall–Kier alpha value is -2.51. The fourth-order valence-electron chi connectivity index (χ4n) is 3.39. The highest BCUT2D eigenvalue weighted by Gasteiger charge is 2.21. The van der Waals surface area contributed by atoms with Crippen LogP contribution in [0.25, 0.3) is 0 Å². The Morgan fingerprint density at radius 2 is 1.73 bits per heavy atom. The van der Waals surface area contributed by atoms with Gasteiger partial charge in [-0.1, -0.05) is 36.9 Å². The highest BCUT2D eigenvalue weighted by Crippen LogP contribution is 2.27. The molecule has 8 heteroatoms. The normalized spacial score (nSPS) is 14.2. The molecule has 1 aliphatic rings. The highest BCUT2D eigenvalue weighted by atomic mass is 35.5. The van der Waals surface area contributed by atoms with E-state index in [1.165, 1.54) is 30.3 Å². The maximum Gasteiger partial charge on any atom is 0.337 e. The SMILES string of the molecule is O=C(CSc1cccc(NC(=O)C2CCCCC2)c1)Nc1ccc(Cl)c(C(=O)O)c1. The van der Waals surface area contributed by atoms with E-state index >= 15 is 0 Å². The number of rotatable bonds is 7. The van der Waals surface area contributed by atoms with Crippen molar-refractivity contribution >= 4 is 52.5 Å². The summed E-state index contributed by atoms with van der Waals surface area (Å²) in [5.41, 5.74) is 1.03. The van der Waals surface area contributed by atoms with Gasteiger partial charge in [-0.3, -0.25) is 9.59 Å². The number of hydrogen-bond acceptors (Lipinski definition) is 4. The number of thioether (sulfide) groups is 1. The average molecular weight is 447 g/mol. The van der Waals surface area contributed by atoms with Gasteiger partial charge in [0.2, 0.25) is 11.8 Å². The molecular formula is C22H23ClN2O4S. The molecule has 0 aromatic heterocycles. The minimum atomic E-state index is -1.16. The van der Waals surface area contributed by atoms with E-state index in [1.807, 2.05) is 24.3 Å². The summed E-state index contributed by atoms with van der Waals surface area (Å²) in [5, 5.41) is 14.9. The average Bonchev–Trinajstić information content (AvgIpc) is 2.74. The summed E-state index contributed by atoms with van der Waals surface area (Å²) in [5.74, 6) is -1.14. The van der Waals surface area contributed by atoms with Gasteiger partial charge in [0.1, 0.15) is 0 Å². The quantitative estimate of drug-likeness (QED) is 0.502. The van der Waals surface area contributed by atoms with Crippen molar-refractivity contribution in [2.75, 3.05) is 16.4 Å². The Labute approximate surface area is 184 Å². The predicted octanol–water partition coefficient (Wildman–Crippen LogP) is 5.29. The largest absolute Gasteiger partial charge is 0.478 e. The number of carboxylic acid groups (broad SMARTS) is 1. The lowest BCUT2D eigenvalue weighted by Gasteiger charge is -2.20. The Bertz CT molecular complexity index is 944. The third-order valence-corrected chi connectivity index (χ3v) is 6.25. The Kier molecular flexibility index (Phi) is 7.76. The van der Waals surface area contributed by atoms with E-state index in [1.54, 1.807) is 6.07 Å². The molecule has 2 aromatic carbocycles. The van der Waals surface area contributed by atoms with Crippen LogP contribution in [0.15, 0.2) is 47.4 Å². The van der Waals surface area contributed by atoms with Crippen LogP contribution in [0.3, 0.4) is 0 Å². The second kappa shape index (κ2) is 10.5. The third kappa shape index (κ3) is 6.24. The van der Waals surface area contributed by atoms with Gasteiger partial charge < -0.3 is 15.7 Å². The van der Waals surface area contributed by atoms with E-state index in [0.29, 0.717) is 5.69 Å². The first-order chi connectivity index (χ1) is 14.4. The molecule has 0 bridgehead atoms. The van der Waals surface area contributed by atoms with Crippen molar-refractivity contribution in [3.05, 3.63) is 53.1 Å². The number of amides is 2. The van der Waals surface area contributed by atoms with Gasteiger partial charge in [0.05, 0.1) is 16.3 Å². The minimum absolute atomic E-state index is 0.0616. The standard InChI is InChI=1S/C22H23ClN2O4S/c23-19-10-9-16(12-18(19)22(28)29)24-20(26)13-30-17-8-4-7-15(11-17)25-21(27)14-5-2-1-3-6-14/h4,7-12,14H,1-3,5-6,13H2,(H,24,26)(H,25,27)(H,28,29). The predicted molar refractivity (Wildman–Crippen MR) is 119 cm³/mol. The molecule has 2 amide bonds. The van der Waals surface area contributed by atoms with Gasteiger partial charge in [0.15, 0.2) is 0 Å². The van der Waals surface area contributed by atoms with Gasteiger partial charge in [-0.2, -0.15) is 0 Å². The van der Waals surface area contributed by atoms with Crippen molar-refractivity contribution in [2.45, 2.75) is 37.0 Å². The molecule has 0 unspecified atom stereocenters. The molecule has 1 saturated carbocycles. The lowest BCUT2D eigenvalue weighted by molar-refractivity contribution is -0.120. The molecule has 0 atom stereocenters. The van der Waals surface area contributed by atoms with Gasteiger partial charge in [-0.15, -0.1) is 11.8 Å². The maximum atomic E-state index is 12.4. The number of halogens is 1. The number of anilines is 2. The number of nitrogens with one attached hydrogen (secondary N) is 2. The molecule has 6 nitrogen and oxygen atoms in total. The Morgan fingerprint density at radius 3 is 2.47 bits per heavy atom. The minimum Gasteiger partial charge on any atom is -0.478 e. The van der Waals surface area contributed by atoms with Gasteiger partial charge in [-0.25, -0.2) is 4.79 Å². The first kappa shape index (κ1) is 22.2. The van der Waals surface area contributed by atoms with Crippen LogP contribution in [-0.2, 0) is 9.59 Å². The first-order valence-electron chi connectivity index (χ1n) is 9.79. The molecule has 1 aliphatic carbocycles. The molecule has 158 valence electrons. The fraction of sp³-hybridized carbons (Fsp3) is 0.318. The zero-order valence-corrected chi connectivity index (χ0v) is 17.9. The van der Waals surface area contributed by atoms with E-state index in [0.717, 1.165) is 36.3 Å². The zero-order valence-electron chi connectivity index (χ0n) is 16.3. The lowest BCUT2D eigenvalue weighted by Crippen LogP contribution is -2.24. The van der Waals surface area contributed by atoms with Crippen LogP contribution in [0.4, 0.5) is 11.4 Å². The molecule has 3 N–H and O–H groups in total. The van der Waals surface area contributed by atoms with Crippen LogP contribution in [0, 0.1) is 5.92 Å². The molecule has 0 heterocycles. The molecule has 0 aliphatic heterocycles. The van der Waals surface area contributed by atoms with Gasteiger partial charge in [-0.05, 0) is 49.2 Å². The van der Waals surface area contributed by atoms with E-state index in [4.69, 9.17) is 16.7 Å². The highest BCUT2D eigenvalue weighted by molar-refractivity contribution is 8.00. The maximum absolute atomic E-state index is 12.4. The van der Waals surface area contributed by atoms with Crippen LogP contribution in [0.2, 0.25) is 5.02 Å². The van der Waals surface area contributed by atoms with E-state index in [-0.39, 0.29) is 34.1 Å². The molecule has 0 radical (unpaired) electrons. The summed E-state index contributed by atoms with van der Waals surface area (Å²) in [7, 11) is 0. The number of benzene rings is 2. The smallest absolute Gasteiger partial charge is 0.337 e. The van der Waals surface area contributed by atoms with Crippen LogP contribution in [0.5, 0.6) is 0 Å². The molecule has 1 fully saturated rings. The van der Waals surface area contributed by atoms with Gasteiger partial charge in [0.25, 0.3) is 0 Å². The van der Waals surface area contributed by atoms with Crippen molar-refractivity contribution in [3.8, 4) is 0 Å². The fourth-order valence-corrected chi connectivity index (χ4v) is 4.34. The number of aromatic carboxylic acids is 1. The second-order valence-corrected chi connectivity index (χ2v) is 8.64. The lowest BCUT2D eigenvalue weighted by atomic mass is 9.88. The number of carbonyl (C=O) groups is 3. The molecule has 0 saturated heterocycles. The molecule has 30 heavy (non-hydrogen) atoms. The van der Waals surface area contributed by atoms with E-state index in [2.05, 4.69) is 10.6 Å². The van der Waals surface area contributed by atoms with Crippen molar-refractivity contribution in [3.63, 3.8) is 0 Å². The summed E-state index contributed by atoms with van der Waals surface area (Å²) >= 11 is 7.17. The number of carboxylic acids is 1. The molecule has 2 aromatic rings. The van der Waals surface area contributed by atoms with Crippen molar-refractivity contribution in [1.29, 1.82) is 0 Å². The molecular weight excluding hydrogens is 424 g/mol. The van der Waals surface area contributed by atoms with Gasteiger partial charge >= 0.3 is 5.97 Å². The first-order valence-corrected chi connectivity index (χ1v) is 11.1. The van der Waals surface area contributed by atoms with Crippen molar-refractivity contribution in [2.24, 2.45) is 5.92 Å². The Morgan fingerprint density at radius 1 is 1.00 bits per heavy atom. The van der Waals surface area contributed by atoms with E-state index < -0.39 is 5.97 Å². The summed E-state index contributed by atoms with van der Waals surface area (Å²) in [4.78, 5) is 36.7. The summed E-state index contributed by atoms with van der Waals surface area (Å²) < 4.78 is 0. The summed E-state index contributed by atoms with van der Waals surface area (Å²) in [6.45, 7) is 0. The van der Waals surface area contributed by atoms with Crippen molar-refractivity contribution < 1.29 is 19.5 Å². The van der Waals surface area contributed by atoms with E-state index in [9.17, 15) is 14.4 Å². The molecule has 0 spiro atoms. The summed E-state index contributed by atoms with van der Waals surface area (Å²) in [6.07, 6.45) is 5.28. The number of hydrogen-bond donors (Lipinski definition) is 3. The molecule has 3 rings (SSSR count). The summed E-state index contributed by atoms with van der Waals surface area (Å²) in [6, 6.07) is 11.7. The topological polar surface area (TPSA) is 95.5 Å². The zero-order chi connectivity index (χ0) is 21.5. The second-order valence-electron chi connectivity index (χ2n) is 7.19. The number of carbonyl (C=O) groups excluding carboxylic acids is 2. The Balaban J connectivity index is 1.53. The third-order valence-electron chi connectivity index (χ3n) is 4.93. The van der Waals surface area contributed by atoms with Crippen LogP contribution < -0.4 is 10.6 Å². The van der Waals surface area contributed by atoms with Crippen molar-refractivity contribution in [1.82, 2.24) is 0 Å². The van der Waals surface area contributed by atoms with Crippen LogP contribution >= 0.6 is 23.4 Å². The van der Waals surface area contributed by atoms with Crippen LogP contribution in [-0.4, -0.2) is 28.6 Å². The van der Waals surface area contributed by atoms with Crippen LogP contribution in [0.1, 0.15) is 42.5 Å².